The van der Waals surface area contributed by atoms with Gasteiger partial charge in [-0.05, 0) is 45.9 Å². The van der Waals surface area contributed by atoms with E-state index in [0.717, 1.165) is 11.4 Å². The van der Waals surface area contributed by atoms with Gasteiger partial charge < -0.3 is 0 Å². The molecule has 0 aliphatic rings. The minimum atomic E-state index is 0. The van der Waals surface area contributed by atoms with Crippen LogP contribution in [-0.2, 0) is 16.5 Å². The van der Waals surface area contributed by atoms with E-state index in [9.17, 15) is 0 Å². The summed E-state index contributed by atoms with van der Waals surface area (Å²) in [6.07, 6.45) is 3.71. The van der Waals surface area contributed by atoms with Crippen LogP contribution in [0.15, 0.2) is 46.4 Å². The molecule has 0 unspecified atom stereocenters. The molecule has 0 radical (unpaired) electrons. The van der Waals surface area contributed by atoms with Gasteiger partial charge in [0.25, 0.3) is 0 Å². The summed E-state index contributed by atoms with van der Waals surface area (Å²) >= 11 is 0. The van der Waals surface area contributed by atoms with Gasteiger partial charge >= 0.3 is 16.5 Å². The first kappa shape index (κ1) is 25.3. The second-order valence-corrected chi connectivity index (χ2v) is 8.75. The Balaban J connectivity index is 0.00000420. The van der Waals surface area contributed by atoms with Crippen molar-refractivity contribution in [2.45, 2.75) is 79.1 Å². The van der Waals surface area contributed by atoms with Crippen LogP contribution in [0.1, 0.15) is 101 Å². The molecule has 0 aliphatic carbocycles. The van der Waals surface area contributed by atoms with E-state index in [-0.39, 0.29) is 16.5 Å². The van der Waals surface area contributed by atoms with E-state index >= 15 is 0 Å². The number of aliphatic imine (C=N–C) groups is 2. The molecule has 29 heavy (non-hydrogen) atoms. The standard InChI is InChI=1S/C26H36N2.Ni.2H/c1-17(2)21-11-9-12-22(18(3)4)25(21)27-15-16-28-26-23(19(5)6)13-10-14-24(26)20(7)8;;;/h9-20H,1-8H3;;;. The van der Waals surface area contributed by atoms with Crippen molar-refractivity contribution >= 4 is 23.8 Å². The van der Waals surface area contributed by atoms with Crippen molar-refractivity contribution in [2.75, 3.05) is 0 Å². The number of rotatable bonds is 7. The molecule has 162 valence electrons. The van der Waals surface area contributed by atoms with Crippen LogP contribution in [0.25, 0.3) is 0 Å². The monoisotopic (exact) mass is 436 g/mol. The summed E-state index contributed by atoms with van der Waals surface area (Å²) < 4.78 is 0. The van der Waals surface area contributed by atoms with Gasteiger partial charge in [-0.25, -0.2) is 0 Å². The zero-order chi connectivity index (χ0) is 20.8. The molecule has 0 fully saturated rings. The van der Waals surface area contributed by atoms with E-state index in [2.05, 4.69) is 91.8 Å². The second kappa shape index (κ2) is 11.5. The van der Waals surface area contributed by atoms with E-state index in [1.807, 2.05) is 12.4 Å². The fourth-order valence-electron chi connectivity index (χ4n) is 3.54. The Hall–Kier alpha value is -1.73. The molecular weight excluding hydrogens is 399 g/mol. The topological polar surface area (TPSA) is 24.7 Å². The average Bonchev–Trinajstić information content (AvgIpc) is 2.64. The van der Waals surface area contributed by atoms with Crippen LogP contribution >= 0.6 is 0 Å². The first-order chi connectivity index (χ1) is 13.2. The third-order valence-corrected chi connectivity index (χ3v) is 5.16. The number of hydrogen-bond donors (Lipinski definition) is 0. The van der Waals surface area contributed by atoms with E-state index in [0.29, 0.717) is 23.7 Å². The Morgan fingerprint density at radius 1 is 0.517 bits per heavy atom. The van der Waals surface area contributed by atoms with Crippen molar-refractivity contribution in [2.24, 2.45) is 9.98 Å². The van der Waals surface area contributed by atoms with Gasteiger partial charge in [-0.1, -0.05) is 91.8 Å². The van der Waals surface area contributed by atoms with Crippen LogP contribution in [0.2, 0.25) is 0 Å². The van der Waals surface area contributed by atoms with Gasteiger partial charge in [0.15, 0.2) is 0 Å². The van der Waals surface area contributed by atoms with Crippen molar-refractivity contribution in [1.29, 1.82) is 0 Å². The summed E-state index contributed by atoms with van der Waals surface area (Å²) in [4.78, 5) is 9.68. The van der Waals surface area contributed by atoms with Gasteiger partial charge in [-0.2, -0.15) is 0 Å². The van der Waals surface area contributed by atoms with Crippen molar-refractivity contribution in [3.8, 4) is 0 Å². The van der Waals surface area contributed by atoms with E-state index in [1.165, 1.54) is 22.3 Å². The SMILES string of the molecule is CC(C)c1cccc(C(C)C)c1N=CC=Nc1c(C(C)C)cccc1C(C)C.[NiH2]. The summed E-state index contributed by atoms with van der Waals surface area (Å²) in [5.41, 5.74) is 7.37. The molecule has 0 amide bonds. The molecule has 2 rings (SSSR count). The Labute approximate surface area is 187 Å². The summed E-state index contributed by atoms with van der Waals surface area (Å²) in [5, 5.41) is 0. The predicted molar refractivity (Wildman–Crippen MR) is 128 cm³/mol. The second-order valence-electron chi connectivity index (χ2n) is 8.75. The first-order valence-electron chi connectivity index (χ1n) is 10.6. The average molecular weight is 437 g/mol. The molecule has 2 aromatic rings. The van der Waals surface area contributed by atoms with Gasteiger partial charge in [0, 0.05) is 12.4 Å². The van der Waals surface area contributed by atoms with Crippen LogP contribution in [-0.4, -0.2) is 12.4 Å². The third-order valence-electron chi connectivity index (χ3n) is 5.16. The van der Waals surface area contributed by atoms with Gasteiger partial charge in [-0.15, -0.1) is 0 Å². The Kier molecular flexibility index (Phi) is 10.00. The van der Waals surface area contributed by atoms with Crippen molar-refractivity contribution in [3.63, 3.8) is 0 Å². The zero-order valence-electron chi connectivity index (χ0n) is 19.2. The van der Waals surface area contributed by atoms with Crippen molar-refractivity contribution < 1.29 is 16.5 Å². The fraction of sp³-hybridized carbons (Fsp3) is 0.462. The first-order valence-corrected chi connectivity index (χ1v) is 10.6. The number of hydrogen-bond acceptors (Lipinski definition) is 2. The quantitative estimate of drug-likeness (QED) is 0.313. The number of nitrogens with zero attached hydrogens (tertiary/aromatic N) is 2. The molecule has 2 aromatic carbocycles. The Morgan fingerprint density at radius 3 is 0.966 bits per heavy atom. The third kappa shape index (κ3) is 6.38. The van der Waals surface area contributed by atoms with Crippen molar-refractivity contribution in [1.82, 2.24) is 0 Å². The maximum atomic E-state index is 4.84. The van der Waals surface area contributed by atoms with Gasteiger partial charge in [-0.3, -0.25) is 9.98 Å². The molecule has 0 aliphatic heterocycles. The number of para-hydroxylation sites is 2. The summed E-state index contributed by atoms with van der Waals surface area (Å²) in [6.45, 7) is 17.8. The Morgan fingerprint density at radius 2 is 0.759 bits per heavy atom. The summed E-state index contributed by atoms with van der Waals surface area (Å²) in [6, 6.07) is 13.0. The molecule has 0 N–H and O–H groups in total. The molecule has 2 nitrogen and oxygen atoms in total. The fourth-order valence-corrected chi connectivity index (χ4v) is 3.54. The molecule has 0 saturated heterocycles. The summed E-state index contributed by atoms with van der Waals surface area (Å²) in [5.74, 6) is 1.77. The summed E-state index contributed by atoms with van der Waals surface area (Å²) in [7, 11) is 0. The molecule has 0 spiro atoms. The molecular formula is C26H38N2Ni. The normalized spacial score (nSPS) is 12.1. The van der Waals surface area contributed by atoms with E-state index in [4.69, 9.17) is 9.98 Å². The van der Waals surface area contributed by atoms with E-state index < -0.39 is 0 Å². The van der Waals surface area contributed by atoms with Gasteiger partial charge in [0.05, 0.1) is 11.4 Å². The predicted octanol–water partition coefficient (Wildman–Crippen LogP) is 7.75. The maximum absolute atomic E-state index is 4.84. The van der Waals surface area contributed by atoms with Crippen LogP contribution in [0.4, 0.5) is 11.4 Å². The number of benzene rings is 2. The van der Waals surface area contributed by atoms with Crippen LogP contribution in [0, 0.1) is 0 Å². The van der Waals surface area contributed by atoms with Crippen molar-refractivity contribution in [3.05, 3.63) is 58.7 Å². The minimum absolute atomic E-state index is 0. The van der Waals surface area contributed by atoms with E-state index in [1.54, 1.807) is 0 Å². The molecule has 0 atom stereocenters. The Bertz CT molecular complexity index is 722. The van der Waals surface area contributed by atoms with Crippen LogP contribution in [0.3, 0.4) is 0 Å². The molecule has 3 heteroatoms. The van der Waals surface area contributed by atoms with Crippen LogP contribution in [0.5, 0.6) is 0 Å². The molecule has 0 saturated carbocycles. The molecule has 0 aromatic heterocycles. The van der Waals surface area contributed by atoms with Gasteiger partial charge in [0.1, 0.15) is 0 Å². The van der Waals surface area contributed by atoms with Gasteiger partial charge in [0.2, 0.25) is 0 Å². The van der Waals surface area contributed by atoms with Crippen LogP contribution < -0.4 is 0 Å². The molecule has 0 bridgehead atoms. The zero-order valence-corrected chi connectivity index (χ0v) is 20.3. The molecule has 0 heterocycles.